The molecule has 1 saturated carbocycles. The second kappa shape index (κ2) is 11.5. The van der Waals surface area contributed by atoms with Crippen LogP contribution in [0, 0.1) is 5.82 Å². The summed E-state index contributed by atoms with van der Waals surface area (Å²) in [6.45, 7) is 1.69. The fraction of sp³-hybridized carbons (Fsp3) is 0.379. The molecule has 3 aromatic rings. The lowest BCUT2D eigenvalue weighted by atomic mass is 10.0. The number of halogens is 4. The molecule has 2 aromatic carbocycles. The number of hydrogen-bond acceptors (Lipinski definition) is 5. The molecule has 1 aromatic heterocycles. The van der Waals surface area contributed by atoms with Crippen LogP contribution < -0.4 is 10.1 Å². The van der Waals surface area contributed by atoms with Crippen LogP contribution in [0.3, 0.4) is 0 Å². The molecule has 1 aliphatic heterocycles. The van der Waals surface area contributed by atoms with Crippen molar-refractivity contribution in [3.8, 4) is 16.9 Å². The normalized spacial score (nSPS) is 17.6. The Balaban J connectivity index is 1.33. The maximum Gasteiger partial charge on any atom is 0.366 e. The maximum absolute atomic E-state index is 15.3. The summed E-state index contributed by atoms with van der Waals surface area (Å²) in [4.78, 5) is 18.8. The van der Waals surface area contributed by atoms with E-state index in [0.717, 1.165) is 44.8 Å². The number of nitrogens with one attached hydrogen (secondary N) is 1. The Morgan fingerprint density at radius 1 is 1.10 bits per heavy atom. The first-order chi connectivity index (χ1) is 18.7. The molecule has 0 bridgehead atoms. The average Bonchev–Trinajstić information content (AvgIpc) is 3.61. The van der Waals surface area contributed by atoms with E-state index in [9.17, 15) is 14.3 Å². The smallest absolute Gasteiger partial charge is 0.366 e. The van der Waals surface area contributed by atoms with E-state index in [1.54, 1.807) is 18.2 Å². The zero-order chi connectivity index (χ0) is 27.6. The van der Waals surface area contributed by atoms with Gasteiger partial charge >= 0.3 is 5.92 Å². The summed E-state index contributed by atoms with van der Waals surface area (Å²) < 4.78 is 49.5. The van der Waals surface area contributed by atoms with Crippen LogP contribution in [0.25, 0.3) is 11.1 Å². The molecule has 5 rings (SSSR count). The van der Waals surface area contributed by atoms with Gasteiger partial charge in [-0.25, -0.2) is 4.39 Å². The highest BCUT2D eigenvalue weighted by Gasteiger charge is 2.44. The van der Waals surface area contributed by atoms with E-state index >= 15 is 8.78 Å². The highest BCUT2D eigenvalue weighted by molar-refractivity contribution is 6.32. The number of amides is 1. The van der Waals surface area contributed by atoms with Gasteiger partial charge in [-0.2, -0.15) is 8.78 Å². The molecule has 2 fully saturated rings. The summed E-state index contributed by atoms with van der Waals surface area (Å²) >= 11 is 6.36. The average molecular weight is 560 g/mol. The van der Waals surface area contributed by atoms with Crippen LogP contribution in [0.4, 0.5) is 13.2 Å². The summed E-state index contributed by atoms with van der Waals surface area (Å²) in [7, 11) is 0. The van der Waals surface area contributed by atoms with Gasteiger partial charge in [0.05, 0.1) is 17.2 Å². The Morgan fingerprint density at radius 2 is 1.79 bits per heavy atom. The van der Waals surface area contributed by atoms with Gasteiger partial charge in [-0.05, 0) is 80.2 Å². The van der Waals surface area contributed by atoms with Gasteiger partial charge in [0.25, 0.3) is 5.91 Å². The summed E-state index contributed by atoms with van der Waals surface area (Å²) in [6, 6.07) is 11.8. The van der Waals surface area contributed by atoms with E-state index in [1.807, 2.05) is 4.90 Å². The minimum atomic E-state index is -3.95. The molecular weight excluding hydrogens is 531 g/mol. The van der Waals surface area contributed by atoms with Crippen LogP contribution in [0.2, 0.25) is 5.02 Å². The van der Waals surface area contributed by atoms with Crippen molar-refractivity contribution in [2.75, 3.05) is 19.6 Å². The summed E-state index contributed by atoms with van der Waals surface area (Å²) in [5.41, 5.74) is 0.759. The fourth-order valence-corrected chi connectivity index (χ4v) is 4.86. The Kier molecular flexibility index (Phi) is 8.11. The van der Waals surface area contributed by atoms with Crippen molar-refractivity contribution >= 4 is 17.5 Å². The van der Waals surface area contributed by atoms with Crippen molar-refractivity contribution in [2.24, 2.45) is 0 Å². The third-order valence-corrected chi connectivity index (χ3v) is 7.31. The van der Waals surface area contributed by atoms with Crippen molar-refractivity contribution in [1.82, 2.24) is 15.2 Å². The zero-order valence-corrected chi connectivity index (χ0v) is 21.9. The molecule has 2 aliphatic rings. The van der Waals surface area contributed by atoms with Gasteiger partial charge in [0, 0.05) is 18.3 Å². The van der Waals surface area contributed by atoms with Crippen molar-refractivity contribution < 1.29 is 27.8 Å². The van der Waals surface area contributed by atoms with Gasteiger partial charge in [-0.1, -0.05) is 35.9 Å². The number of rotatable bonds is 10. The van der Waals surface area contributed by atoms with Gasteiger partial charge in [0.15, 0.2) is 0 Å². The van der Waals surface area contributed by atoms with Crippen LogP contribution in [-0.2, 0) is 10.7 Å². The van der Waals surface area contributed by atoms with Crippen LogP contribution >= 0.6 is 11.6 Å². The topological polar surface area (TPSA) is 74.7 Å². The third-order valence-electron chi connectivity index (χ3n) is 7.01. The molecular formula is C29H29ClF3N3O3. The number of carbonyl (C=O) groups is 1. The minimum absolute atomic E-state index is 0.140. The highest BCUT2D eigenvalue weighted by atomic mass is 35.5. The quantitative estimate of drug-likeness (QED) is 0.344. The number of pyridine rings is 1. The van der Waals surface area contributed by atoms with Crippen LogP contribution in [0.5, 0.6) is 5.75 Å². The molecule has 206 valence electrons. The molecule has 0 radical (unpaired) electrons. The Bertz CT molecular complexity index is 1300. The van der Waals surface area contributed by atoms with Crippen molar-refractivity contribution in [2.45, 2.75) is 49.9 Å². The largest absolute Gasteiger partial charge is 0.489 e. The number of benzene rings is 2. The minimum Gasteiger partial charge on any atom is -0.489 e. The van der Waals surface area contributed by atoms with Gasteiger partial charge < -0.3 is 20.1 Å². The van der Waals surface area contributed by atoms with Crippen molar-refractivity contribution in [3.05, 3.63) is 82.9 Å². The molecule has 2 unspecified atom stereocenters. The standard InChI is InChI=1S/C29H29ClF3N3O3/c30-23-15-19(5-11-25(23)39-22-9-10-22)27(37)24(17-36-13-1-2-14-36)35-28(38)29(32,33)26-12-6-20(16-34-26)18-3-7-21(31)8-4-18/h3-8,11-12,15-16,22,24,27,37H,1-2,9-10,13-14,17H2,(H,35,38). The van der Waals surface area contributed by atoms with Crippen LogP contribution in [0.1, 0.15) is 43.0 Å². The van der Waals surface area contributed by atoms with Gasteiger partial charge in [0.1, 0.15) is 23.4 Å². The van der Waals surface area contributed by atoms with E-state index in [4.69, 9.17) is 16.3 Å². The van der Waals surface area contributed by atoms with E-state index in [1.165, 1.54) is 36.5 Å². The lowest BCUT2D eigenvalue weighted by molar-refractivity contribution is -0.149. The number of nitrogens with zero attached hydrogens (tertiary/aromatic N) is 2. The zero-order valence-electron chi connectivity index (χ0n) is 21.1. The van der Waals surface area contributed by atoms with E-state index in [-0.39, 0.29) is 12.6 Å². The Labute approximate surface area is 229 Å². The van der Waals surface area contributed by atoms with Crippen molar-refractivity contribution in [3.63, 3.8) is 0 Å². The maximum atomic E-state index is 15.3. The number of aliphatic hydroxyl groups excluding tert-OH is 1. The second-order valence-electron chi connectivity index (χ2n) is 10.1. The molecule has 1 aliphatic carbocycles. The monoisotopic (exact) mass is 559 g/mol. The molecule has 6 nitrogen and oxygen atoms in total. The number of hydrogen-bond donors (Lipinski definition) is 2. The lowest BCUT2D eigenvalue weighted by Gasteiger charge is -2.30. The summed E-state index contributed by atoms with van der Waals surface area (Å²) in [6.07, 6.45) is 3.90. The predicted octanol–water partition coefficient (Wildman–Crippen LogP) is 5.49. The molecule has 0 spiro atoms. The first-order valence-electron chi connectivity index (χ1n) is 13.0. The Morgan fingerprint density at radius 3 is 2.41 bits per heavy atom. The lowest BCUT2D eigenvalue weighted by Crippen LogP contribution is -2.51. The molecule has 1 saturated heterocycles. The Hall–Kier alpha value is -3.14. The van der Waals surface area contributed by atoms with E-state index in [2.05, 4.69) is 10.3 Å². The van der Waals surface area contributed by atoms with E-state index in [0.29, 0.717) is 27.5 Å². The van der Waals surface area contributed by atoms with Crippen LogP contribution in [-0.4, -0.2) is 52.7 Å². The molecule has 10 heteroatoms. The molecule has 2 heterocycles. The predicted molar refractivity (Wildman–Crippen MR) is 141 cm³/mol. The SMILES string of the molecule is O=C(NC(CN1CCCC1)C(O)c1ccc(OC2CC2)c(Cl)c1)C(F)(F)c1ccc(-c2ccc(F)cc2)cn1. The number of likely N-dealkylation sites (tertiary alicyclic amines) is 1. The highest BCUT2D eigenvalue weighted by Crippen LogP contribution is 2.35. The number of aliphatic hydroxyl groups is 1. The molecule has 2 N–H and O–H groups in total. The molecule has 1 amide bonds. The summed E-state index contributed by atoms with van der Waals surface area (Å²) in [5.74, 6) is -5.43. The van der Waals surface area contributed by atoms with Gasteiger partial charge in [-0.15, -0.1) is 0 Å². The summed E-state index contributed by atoms with van der Waals surface area (Å²) in [5, 5.41) is 13.9. The van der Waals surface area contributed by atoms with Gasteiger partial charge in [0.2, 0.25) is 0 Å². The second-order valence-corrected chi connectivity index (χ2v) is 10.5. The first kappa shape index (κ1) is 27.4. The first-order valence-corrected chi connectivity index (χ1v) is 13.4. The molecule has 2 atom stereocenters. The number of alkyl halides is 2. The number of ether oxygens (including phenoxy) is 1. The van der Waals surface area contributed by atoms with Crippen LogP contribution in [0.15, 0.2) is 60.8 Å². The number of carbonyl (C=O) groups excluding carboxylic acids is 1. The third kappa shape index (κ3) is 6.54. The molecule has 39 heavy (non-hydrogen) atoms. The van der Waals surface area contributed by atoms with Crippen molar-refractivity contribution in [1.29, 1.82) is 0 Å². The van der Waals surface area contributed by atoms with E-state index < -0.39 is 35.5 Å². The fourth-order valence-electron chi connectivity index (χ4n) is 4.63. The number of aromatic nitrogens is 1. The van der Waals surface area contributed by atoms with Gasteiger partial charge in [-0.3, -0.25) is 9.78 Å².